The summed E-state index contributed by atoms with van der Waals surface area (Å²) in [5.74, 6) is 0.926. The molecule has 2 N–H and O–H groups in total. The zero-order valence-corrected chi connectivity index (χ0v) is 12.7. The SMILES string of the molecule is Cc1cc(C)c(CNCCC2CCNCC2)cc1C. The molecular weight excluding hydrogens is 232 g/mol. The highest BCUT2D eigenvalue weighted by Gasteiger charge is 2.12. The van der Waals surface area contributed by atoms with Crippen LogP contribution in [0.3, 0.4) is 0 Å². The normalized spacial score (nSPS) is 16.8. The lowest BCUT2D eigenvalue weighted by Crippen LogP contribution is -2.29. The number of hydrogen-bond acceptors (Lipinski definition) is 2. The van der Waals surface area contributed by atoms with Crippen molar-refractivity contribution in [3.05, 3.63) is 34.4 Å². The van der Waals surface area contributed by atoms with E-state index in [4.69, 9.17) is 0 Å². The zero-order chi connectivity index (χ0) is 13.7. The Morgan fingerprint density at radius 2 is 1.74 bits per heavy atom. The molecule has 106 valence electrons. The van der Waals surface area contributed by atoms with Gasteiger partial charge in [0.25, 0.3) is 0 Å². The van der Waals surface area contributed by atoms with Crippen LogP contribution in [-0.2, 0) is 6.54 Å². The van der Waals surface area contributed by atoms with Gasteiger partial charge in [-0.2, -0.15) is 0 Å². The summed E-state index contributed by atoms with van der Waals surface area (Å²) in [6.45, 7) is 11.2. The van der Waals surface area contributed by atoms with E-state index in [2.05, 4.69) is 43.5 Å². The molecule has 0 unspecified atom stereocenters. The second kappa shape index (κ2) is 7.06. The summed E-state index contributed by atoms with van der Waals surface area (Å²) in [4.78, 5) is 0. The van der Waals surface area contributed by atoms with Crippen LogP contribution in [-0.4, -0.2) is 19.6 Å². The van der Waals surface area contributed by atoms with Gasteiger partial charge < -0.3 is 10.6 Å². The van der Waals surface area contributed by atoms with Crippen molar-refractivity contribution < 1.29 is 0 Å². The molecule has 1 aromatic rings. The summed E-state index contributed by atoms with van der Waals surface area (Å²) in [5, 5.41) is 7.05. The Labute approximate surface area is 118 Å². The molecule has 0 atom stereocenters. The van der Waals surface area contributed by atoms with Gasteiger partial charge in [-0.15, -0.1) is 0 Å². The number of benzene rings is 1. The molecule has 0 amide bonds. The molecule has 0 aromatic heterocycles. The van der Waals surface area contributed by atoms with Crippen molar-refractivity contribution in [2.24, 2.45) is 5.92 Å². The lowest BCUT2D eigenvalue weighted by molar-refractivity contribution is 0.348. The van der Waals surface area contributed by atoms with Gasteiger partial charge in [0.2, 0.25) is 0 Å². The molecule has 0 saturated carbocycles. The Morgan fingerprint density at radius 1 is 1.05 bits per heavy atom. The summed E-state index contributed by atoms with van der Waals surface area (Å²) in [6, 6.07) is 4.64. The van der Waals surface area contributed by atoms with Gasteiger partial charge >= 0.3 is 0 Å². The van der Waals surface area contributed by atoms with Crippen molar-refractivity contribution in [2.75, 3.05) is 19.6 Å². The molecule has 19 heavy (non-hydrogen) atoms. The van der Waals surface area contributed by atoms with Crippen molar-refractivity contribution in [3.8, 4) is 0 Å². The smallest absolute Gasteiger partial charge is 0.0208 e. The molecule has 2 heteroatoms. The predicted octanol–water partition coefficient (Wildman–Crippen LogP) is 3.09. The van der Waals surface area contributed by atoms with E-state index in [1.807, 2.05) is 0 Å². The summed E-state index contributed by atoms with van der Waals surface area (Å²) < 4.78 is 0. The Hall–Kier alpha value is -0.860. The first kappa shape index (κ1) is 14.5. The minimum absolute atomic E-state index is 0.926. The van der Waals surface area contributed by atoms with Crippen LogP contribution >= 0.6 is 0 Å². The van der Waals surface area contributed by atoms with Crippen LogP contribution in [0.2, 0.25) is 0 Å². The standard InChI is InChI=1S/C17H28N2/c1-13-10-15(3)17(11-14(13)2)12-19-9-6-16-4-7-18-8-5-16/h10-11,16,18-19H,4-9,12H2,1-3H3. The van der Waals surface area contributed by atoms with Crippen LogP contribution in [0.15, 0.2) is 12.1 Å². The first-order valence-corrected chi connectivity index (χ1v) is 7.65. The predicted molar refractivity (Wildman–Crippen MR) is 82.6 cm³/mol. The Kier molecular flexibility index (Phi) is 5.41. The van der Waals surface area contributed by atoms with Gasteiger partial charge in [0.05, 0.1) is 0 Å². The third-order valence-electron chi connectivity index (χ3n) is 4.46. The van der Waals surface area contributed by atoms with Crippen LogP contribution in [0, 0.1) is 26.7 Å². The highest BCUT2D eigenvalue weighted by molar-refractivity contribution is 5.36. The molecule has 0 spiro atoms. The van der Waals surface area contributed by atoms with E-state index < -0.39 is 0 Å². The second-order valence-corrected chi connectivity index (χ2v) is 6.02. The van der Waals surface area contributed by atoms with E-state index in [-0.39, 0.29) is 0 Å². The van der Waals surface area contributed by atoms with Gasteiger partial charge in [0.1, 0.15) is 0 Å². The number of aryl methyl sites for hydroxylation is 3. The zero-order valence-electron chi connectivity index (χ0n) is 12.7. The van der Waals surface area contributed by atoms with Crippen LogP contribution in [0.1, 0.15) is 41.5 Å². The summed E-state index contributed by atoms with van der Waals surface area (Å²) in [6.07, 6.45) is 4.03. The Morgan fingerprint density at radius 3 is 2.47 bits per heavy atom. The first-order valence-electron chi connectivity index (χ1n) is 7.65. The van der Waals surface area contributed by atoms with E-state index in [9.17, 15) is 0 Å². The fraction of sp³-hybridized carbons (Fsp3) is 0.647. The van der Waals surface area contributed by atoms with E-state index >= 15 is 0 Å². The Bertz CT molecular complexity index is 406. The lowest BCUT2D eigenvalue weighted by Gasteiger charge is -2.22. The average molecular weight is 260 g/mol. The van der Waals surface area contributed by atoms with Crippen molar-refractivity contribution in [1.82, 2.24) is 10.6 Å². The largest absolute Gasteiger partial charge is 0.317 e. The summed E-state index contributed by atoms with van der Waals surface area (Å²) in [5.41, 5.74) is 5.67. The molecule has 1 fully saturated rings. The van der Waals surface area contributed by atoms with Gasteiger partial charge in [0, 0.05) is 6.54 Å². The van der Waals surface area contributed by atoms with Gasteiger partial charge in [0.15, 0.2) is 0 Å². The minimum atomic E-state index is 0.926. The minimum Gasteiger partial charge on any atom is -0.317 e. The van der Waals surface area contributed by atoms with Crippen LogP contribution in [0.5, 0.6) is 0 Å². The molecule has 2 rings (SSSR count). The summed E-state index contributed by atoms with van der Waals surface area (Å²) in [7, 11) is 0. The monoisotopic (exact) mass is 260 g/mol. The number of rotatable bonds is 5. The van der Waals surface area contributed by atoms with E-state index in [1.54, 1.807) is 0 Å². The molecule has 0 aliphatic carbocycles. The maximum Gasteiger partial charge on any atom is 0.0208 e. The third kappa shape index (κ3) is 4.32. The van der Waals surface area contributed by atoms with Crippen LogP contribution in [0.25, 0.3) is 0 Å². The molecule has 1 aliphatic heterocycles. The molecule has 1 heterocycles. The van der Waals surface area contributed by atoms with Gasteiger partial charge in [-0.25, -0.2) is 0 Å². The van der Waals surface area contributed by atoms with E-state index in [1.165, 1.54) is 54.6 Å². The van der Waals surface area contributed by atoms with E-state index in [0.29, 0.717) is 0 Å². The highest BCUT2D eigenvalue weighted by Crippen LogP contribution is 2.16. The van der Waals surface area contributed by atoms with Crippen molar-refractivity contribution in [1.29, 1.82) is 0 Å². The van der Waals surface area contributed by atoms with Crippen molar-refractivity contribution in [3.63, 3.8) is 0 Å². The molecule has 1 saturated heterocycles. The molecule has 1 aromatic carbocycles. The fourth-order valence-corrected chi connectivity index (χ4v) is 2.91. The maximum atomic E-state index is 3.62. The summed E-state index contributed by atoms with van der Waals surface area (Å²) >= 11 is 0. The van der Waals surface area contributed by atoms with Crippen LogP contribution < -0.4 is 10.6 Å². The second-order valence-electron chi connectivity index (χ2n) is 6.02. The molecule has 0 radical (unpaired) electrons. The van der Waals surface area contributed by atoms with Gasteiger partial charge in [-0.1, -0.05) is 12.1 Å². The number of hydrogen-bond donors (Lipinski definition) is 2. The molecule has 0 bridgehead atoms. The number of nitrogens with one attached hydrogen (secondary N) is 2. The third-order valence-corrected chi connectivity index (χ3v) is 4.46. The Balaban J connectivity index is 1.74. The van der Waals surface area contributed by atoms with Crippen LogP contribution in [0.4, 0.5) is 0 Å². The van der Waals surface area contributed by atoms with E-state index in [0.717, 1.165) is 19.0 Å². The lowest BCUT2D eigenvalue weighted by atomic mass is 9.94. The maximum absolute atomic E-state index is 3.62. The van der Waals surface area contributed by atoms with Crippen molar-refractivity contribution in [2.45, 2.75) is 46.6 Å². The average Bonchev–Trinajstić information content (AvgIpc) is 2.41. The van der Waals surface area contributed by atoms with Gasteiger partial charge in [-0.3, -0.25) is 0 Å². The topological polar surface area (TPSA) is 24.1 Å². The molecule has 2 nitrogen and oxygen atoms in total. The van der Waals surface area contributed by atoms with Gasteiger partial charge in [-0.05, 0) is 87.8 Å². The van der Waals surface area contributed by atoms with Crippen molar-refractivity contribution >= 4 is 0 Å². The molecular formula is C17H28N2. The highest BCUT2D eigenvalue weighted by atomic mass is 14.9. The fourth-order valence-electron chi connectivity index (χ4n) is 2.91. The molecule has 1 aliphatic rings. The quantitative estimate of drug-likeness (QED) is 0.795. The first-order chi connectivity index (χ1) is 9.16. The number of piperidine rings is 1.